The quantitative estimate of drug-likeness (QED) is 0.271. The molecule has 0 saturated carbocycles. The van der Waals surface area contributed by atoms with Crippen LogP contribution in [0.15, 0.2) is 29.4 Å². The molecule has 10 nitrogen and oxygen atoms in total. The first-order valence-electron chi connectivity index (χ1n) is 9.51. The Morgan fingerprint density at radius 1 is 1.22 bits per heavy atom. The second-order valence-corrected chi connectivity index (χ2v) is 8.42. The number of carbonyl (C=O) groups is 2. The van der Waals surface area contributed by atoms with Gasteiger partial charge in [0, 0.05) is 6.07 Å². The molecule has 3 aromatic rings. The highest BCUT2D eigenvalue weighted by Crippen LogP contribution is 2.33. The summed E-state index contributed by atoms with van der Waals surface area (Å²) < 4.78 is 16.9. The first-order valence-corrected chi connectivity index (χ1v) is 11.3. The molecular weight excluding hydrogens is 454 g/mol. The zero-order valence-electron chi connectivity index (χ0n) is 18.0. The highest BCUT2D eigenvalue weighted by Gasteiger charge is 2.19. The Morgan fingerprint density at radius 3 is 2.69 bits per heavy atom. The van der Waals surface area contributed by atoms with Gasteiger partial charge in [-0.3, -0.25) is 4.79 Å². The summed E-state index contributed by atoms with van der Waals surface area (Å²) in [6, 6.07) is 6.99. The van der Waals surface area contributed by atoms with Crippen molar-refractivity contribution in [2.45, 2.75) is 19.0 Å². The fourth-order valence-electron chi connectivity index (χ4n) is 2.79. The number of aryl methyl sites for hydroxylation is 1. The third-order valence-corrected chi connectivity index (χ3v) is 6.36. The molecule has 1 aromatic carbocycles. The van der Waals surface area contributed by atoms with Crippen LogP contribution in [0, 0.1) is 6.92 Å². The third-order valence-electron chi connectivity index (χ3n) is 4.29. The molecule has 0 spiro atoms. The minimum absolute atomic E-state index is 0.0563. The standard InChI is InChI=1S/C20H23N5O5S2/c1-5-30-19(27)17-11(2)8-16(32-17)22-15(26)10-31-20-24-23-18(25(20)21)13-7-6-12(28-3)9-14(13)29-4/h6-9H,5,10,21H2,1-4H3,(H,22,26). The Morgan fingerprint density at radius 2 is 2.00 bits per heavy atom. The second-order valence-electron chi connectivity index (χ2n) is 6.42. The number of amides is 1. The molecule has 0 aliphatic heterocycles. The van der Waals surface area contributed by atoms with E-state index in [0.29, 0.717) is 44.5 Å². The number of nitrogens with two attached hydrogens (primary N) is 1. The van der Waals surface area contributed by atoms with Crippen molar-refractivity contribution in [1.29, 1.82) is 0 Å². The summed E-state index contributed by atoms with van der Waals surface area (Å²) >= 11 is 2.31. The van der Waals surface area contributed by atoms with Gasteiger partial charge < -0.3 is 25.4 Å². The van der Waals surface area contributed by atoms with E-state index in [9.17, 15) is 9.59 Å². The zero-order chi connectivity index (χ0) is 23.3. The van der Waals surface area contributed by atoms with Crippen LogP contribution in [0.1, 0.15) is 22.2 Å². The predicted octanol–water partition coefficient (Wildman–Crippen LogP) is 2.95. The lowest BCUT2D eigenvalue weighted by atomic mass is 10.2. The van der Waals surface area contributed by atoms with Crippen LogP contribution in [0.2, 0.25) is 0 Å². The summed E-state index contributed by atoms with van der Waals surface area (Å²) in [6.07, 6.45) is 0. The molecule has 32 heavy (non-hydrogen) atoms. The van der Waals surface area contributed by atoms with Crippen LogP contribution in [0.4, 0.5) is 5.00 Å². The fraction of sp³-hybridized carbons (Fsp3) is 0.300. The molecule has 0 radical (unpaired) electrons. The molecule has 0 bridgehead atoms. The van der Waals surface area contributed by atoms with Crippen molar-refractivity contribution in [2.75, 3.05) is 37.7 Å². The number of nitrogens with one attached hydrogen (secondary N) is 1. The van der Waals surface area contributed by atoms with E-state index in [-0.39, 0.29) is 11.7 Å². The predicted molar refractivity (Wildman–Crippen MR) is 123 cm³/mol. The van der Waals surface area contributed by atoms with Gasteiger partial charge in [-0.2, -0.15) is 0 Å². The topological polar surface area (TPSA) is 131 Å². The molecular formula is C20H23N5O5S2. The molecule has 0 aliphatic rings. The number of ether oxygens (including phenoxy) is 3. The van der Waals surface area contributed by atoms with Crippen LogP contribution in [0.3, 0.4) is 0 Å². The summed E-state index contributed by atoms with van der Waals surface area (Å²) in [6.45, 7) is 3.82. The third kappa shape index (κ3) is 5.14. The number of nitrogen functional groups attached to an aromatic ring is 1. The van der Waals surface area contributed by atoms with E-state index in [1.807, 2.05) is 0 Å². The molecule has 0 saturated heterocycles. The second kappa shape index (κ2) is 10.4. The maximum absolute atomic E-state index is 12.4. The van der Waals surface area contributed by atoms with Gasteiger partial charge in [0.15, 0.2) is 5.82 Å². The number of hydrogen-bond donors (Lipinski definition) is 2. The summed E-state index contributed by atoms with van der Waals surface area (Å²) in [7, 11) is 3.10. The van der Waals surface area contributed by atoms with Crippen molar-refractivity contribution in [2.24, 2.45) is 0 Å². The highest BCUT2D eigenvalue weighted by atomic mass is 32.2. The van der Waals surface area contributed by atoms with Crippen molar-refractivity contribution >= 4 is 40.0 Å². The van der Waals surface area contributed by atoms with Crippen molar-refractivity contribution in [3.8, 4) is 22.9 Å². The van der Waals surface area contributed by atoms with Gasteiger partial charge in [0.1, 0.15) is 16.4 Å². The van der Waals surface area contributed by atoms with E-state index in [4.69, 9.17) is 20.1 Å². The van der Waals surface area contributed by atoms with Gasteiger partial charge >= 0.3 is 5.97 Å². The van der Waals surface area contributed by atoms with Gasteiger partial charge in [0.05, 0.1) is 37.1 Å². The van der Waals surface area contributed by atoms with Gasteiger partial charge in [-0.15, -0.1) is 21.5 Å². The number of methoxy groups -OCH3 is 2. The molecule has 0 unspecified atom stereocenters. The van der Waals surface area contributed by atoms with Gasteiger partial charge in [0.25, 0.3) is 0 Å². The van der Waals surface area contributed by atoms with E-state index >= 15 is 0 Å². The SMILES string of the molecule is CCOC(=O)c1sc(NC(=O)CSc2nnc(-c3ccc(OC)cc3OC)n2N)cc1C. The molecule has 0 fully saturated rings. The Balaban J connectivity index is 1.66. The van der Waals surface area contributed by atoms with Crippen LogP contribution >= 0.6 is 23.1 Å². The van der Waals surface area contributed by atoms with Crippen LogP contribution in [0.25, 0.3) is 11.4 Å². The maximum atomic E-state index is 12.4. The molecule has 2 heterocycles. The number of hydrogen-bond acceptors (Lipinski definition) is 10. The summed E-state index contributed by atoms with van der Waals surface area (Å²) in [5.41, 5.74) is 1.39. The molecule has 3 N–H and O–H groups in total. The largest absolute Gasteiger partial charge is 0.497 e. The average molecular weight is 478 g/mol. The Labute approximate surface area is 193 Å². The zero-order valence-corrected chi connectivity index (χ0v) is 19.6. The Hall–Kier alpha value is -3.25. The average Bonchev–Trinajstić information content (AvgIpc) is 3.33. The van der Waals surface area contributed by atoms with Crippen LogP contribution in [-0.4, -0.2) is 53.3 Å². The molecule has 12 heteroatoms. The summed E-state index contributed by atoms with van der Waals surface area (Å²) in [5.74, 6) is 7.10. The summed E-state index contributed by atoms with van der Waals surface area (Å²) in [5, 5.41) is 11.9. The highest BCUT2D eigenvalue weighted by molar-refractivity contribution is 7.99. The number of carbonyl (C=O) groups excluding carboxylic acids is 2. The molecule has 0 atom stereocenters. The smallest absolute Gasteiger partial charge is 0.348 e. The first-order chi connectivity index (χ1) is 15.4. The van der Waals surface area contributed by atoms with E-state index in [1.165, 1.54) is 23.1 Å². The van der Waals surface area contributed by atoms with E-state index in [0.717, 1.165) is 17.3 Å². The van der Waals surface area contributed by atoms with Crippen molar-refractivity contribution in [3.05, 3.63) is 34.7 Å². The molecule has 0 aliphatic carbocycles. The number of rotatable bonds is 9. The normalized spacial score (nSPS) is 10.6. The fourth-order valence-corrected chi connectivity index (χ4v) is 4.43. The molecule has 2 aromatic heterocycles. The van der Waals surface area contributed by atoms with Crippen LogP contribution in [-0.2, 0) is 9.53 Å². The van der Waals surface area contributed by atoms with Crippen LogP contribution < -0.4 is 20.6 Å². The molecule has 170 valence electrons. The van der Waals surface area contributed by atoms with Crippen molar-refractivity contribution in [3.63, 3.8) is 0 Å². The minimum atomic E-state index is -0.400. The summed E-state index contributed by atoms with van der Waals surface area (Å²) in [4.78, 5) is 24.8. The maximum Gasteiger partial charge on any atom is 0.348 e. The number of esters is 1. The van der Waals surface area contributed by atoms with Gasteiger partial charge in [-0.05, 0) is 37.6 Å². The van der Waals surface area contributed by atoms with E-state index in [1.54, 1.807) is 45.2 Å². The Bertz CT molecular complexity index is 1130. The molecule has 1 amide bonds. The number of benzene rings is 1. The van der Waals surface area contributed by atoms with Crippen molar-refractivity contribution in [1.82, 2.24) is 14.9 Å². The van der Waals surface area contributed by atoms with E-state index in [2.05, 4.69) is 15.5 Å². The lowest BCUT2D eigenvalue weighted by Crippen LogP contribution is -2.16. The van der Waals surface area contributed by atoms with Crippen LogP contribution in [0.5, 0.6) is 11.5 Å². The monoisotopic (exact) mass is 477 g/mol. The van der Waals surface area contributed by atoms with Gasteiger partial charge in [-0.25, -0.2) is 9.47 Å². The Kier molecular flexibility index (Phi) is 7.59. The molecule has 3 rings (SSSR count). The van der Waals surface area contributed by atoms with E-state index < -0.39 is 5.97 Å². The van der Waals surface area contributed by atoms with Crippen molar-refractivity contribution < 1.29 is 23.8 Å². The van der Waals surface area contributed by atoms with Gasteiger partial charge in [0.2, 0.25) is 11.1 Å². The first kappa shape index (κ1) is 23.4. The number of aromatic nitrogens is 3. The number of anilines is 1. The van der Waals surface area contributed by atoms with Gasteiger partial charge in [-0.1, -0.05) is 11.8 Å². The number of thioether (sulfide) groups is 1. The minimum Gasteiger partial charge on any atom is -0.497 e. The lowest BCUT2D eigenvalue weighted by molar-refractivity contribution is -0.113. The number of thiophene rings is 1. The number of nitrogens with zero attached hydrogens (tertiary/aromatic N) is 3. The lowest BCUT2D eigenvalue weighted by Gasteiger charge is -2.10.